The molecule has 1 rings (SSSR count). The van der Waals surface area contributed by atoms with E-state index in [4.69, 9.17) is 18.9 Å². The van der Waals surface area contributed by atoms with E-state index in [1.165, 1.54) is 70.6 Å². The van der Waals surface area contributed by atoms with Crippen LogP contribution in [0.25, 0.3) is 0 Å². The second-order valence-electron chi connectivity index (χ2n) is 15.1. The van der Waals surface area contributed by atoms with Crippen molar-refractivity contribution in [3.05, 3.63) is 60.8 Å². The minimum absolute atomic E-state index is 0.194. The van der Waals surface area contributed by atoms with Gasteiger partial charge in [-0.1, -0.05) is 139 Å². The molecule has 0 aromatic carbocycles. The van der Waals surface area contributed by atoms with Crippen LogP contribution in [0.2, 0.25) is 0 Å². The van der Waals surface area contributed by atoms with Gasteiger partial charge >= 0.3 is 11.9 Å². The molecule has 0 aromatic rings. The van der Waals surface area contributed by atoms with E-state index in [-0.39, 0.29) is 26.1 Å². The van der Waals surface area contributed by atoms with Crippen LogP contribution in [0, 0.1) is 0 Å². The van der Waals surface area contributed by atoms with Gasteiger partial charge in [-0.2, -0.15) is 0 Å². The quantitative estimate of drug-likeness (QED) is 0.0274. The lowest BCUT2D eigenvalue weighted by molar-refractivity contribution is -0.305. The van der Waals surface area contributed by atoms with Gasteiger partial charge < -0.3 is 39.4 Å². The molecular weight excluding hydrogens is 725 g/mol. The minimum Gasteiger partial charge on any atom is -0.462 e. The normalized spacial score (nSPS) is 20.8. The maximum atomic E-state index is 12.7. The van der Waals surface area contributed by atoms with Crippen molar-refractivity contribution in [2.75, 3.05) is 19.8 Å². The number of unbranched alkanes of at least 4 members (excludes halogenated alkanes) is 15. The predicted molar refractivity (Wildman–Crippen MR) is 228 cm³/mol. The second kappa shape index (κ2) is 37.7. The second-order valence-corrected chi connectivity index (χ2v) is 15.1. The van der Waals surface area contributed by atoms with Crippen LogP contribution < -0.4 is 0 Å². The molecule has 0 saturated carbocycles. The predicted octanol–water partition coefficient (Wildman–Crippen LogP) is 9.44. The van der Waals surface area contributed by atoms with Crippen LogP contribution in [0.4, 0.5) is 0 Å². The van der Waals surface area contributed by atoms with E-state index in [1.807, 2.05) is 6.08 Å². The number of hydrogen-bond acceptors (Lipinski definition) is 10. The third kappa shape index (κ3) is 29.3. The van der Waals surface area contributed by atoms with Crippen molar-refractivity contribution >= 4 is 11.9 Å². The molecule has 0 bridgehead atoms. The van der Waals surface area contributed by atoms with Crippen molar-refractivity contribution in [3.63, 3.8) is 0 Å². The number of hydrogen-bond donors (Lipinski definition) is 4. The highest BCUT2D eigenvalue weighted by molar-refractivity contribution is 5.70. The number of carbonyl (C=O) groups is 2. The number of carbonyl (C=O) groups excluding carboxylic acids is 2. The van der Waals surface area contributed by atoms with Gasteiger partial charge in [-0.05, 0) is 77.0 Å². The molecule has 0 aromatic heterocycles. The summed E-state index contributed by atoms with van der Waals surface area (Å²) in [5.41, 5.74) is 0. The van der Waals surface area contributed by atoms with E-state index in [1.54, 1.807) is 0 Å². The first-order valence-corrected chi connectivity index (χ1v) is 22.4. The Hall–Kier alpha value is -2.60. The Morgan fingerprint density at radius 2 is 1.00 bits per heavy atom. The van der Waals surface area contributed by atoms with Crippen LogP contribution in [-0.2, 0) is 28.5 Å². The molecule has 1 fully saturated rings. The zero-order valence-corrected chi connectivity index (χ0v) is 35.6. The number of rotatable bonds is 36. The summed E-state index contributed by atoms with van der Waals surface area (Å²) < 4.78 is 22.1. The van der Waals surface area contributed by atoms with Crippen LogP contribution in [0.3, 0.4) is 0 Å². The third-order valence-electron chi connectivity index (χ3n) is 9.88. The lowest BCUT2D eigenvalue weighted by atomic mass is 9.99. The molecule has 1 aliphatic rings. The molecule has 0 aliphatic carbocycles. The number of aliphatic hydroxyl groups excluding tert-OH is 4. The van der Waals surface area contributed by atoms with Gasteiger partial charge in [0.25, 0.3) is 0 Å². The van der Waals surface area contributed by atoms with Crippen LogP contribution in [0.15, 0.2) is 60.8 Å². The van der Waals surface area contributed by atoms with E-state index in [9.17, 15) is 30.0 Å². The summed E-state index contributed by atoms with van der Waals surface area (Å²) in [6, 6.07) is 0. The van der Waals surface area contributed by atoms with Gasteiger partial charge in [0.15, 0.2) is 12.4 Å². The number of allylic oxidation sites excluding steroid dienone is 10. The first kappa shape index (κ1) is 52.4. The summed E-state index contributed by atoms with van der Waals surface area (Å²) in [5, 5.41) is 40.0. The fraction of sp³-hybridized carbons (Fsp3) is 0.745. The Kier molecular flexibility index (Phi) is 34.6. The summed E-state index contributed by atoms with van der Waals surface area (Å²) in [7, 11) is 0. The molecular formula is C47H80O10. The van der Waals surface area contributed by atoms with Crippen LogP contribution in [-0.4, -0.2) is 89.0 Å². The number of aliphatic hydroxyl groups is 4. The van der Waals surface area contributed by atoms with Gasteiger partial charge in [-0.3, -0.25) is 9.59 Å². The highest BCUT2D eigenvalue weighted by Crippen LogP contribution is 2.22. The van der Waals surface area contributed by atoms with Crippen LogP contribution in [0.1, 0.15) is 168 Å². The third-order valence-corrected chi connectivity index (χ3v) is 9.88. The van der Waals surface area contributed by atoms with E-state index < -0.39 is 55.4 Å². The fourth-order valence-corrected chi connectivity index (χ4v) is 6.29. The summed E-state index contributed by atoms with van der Waals surface area (Å²) in [6.45, 7) is 3.31. The van der Waals surface area contributed by atoms with Crippen molar-refractivity contribution in [1.82, 2.24) is 0 Å². The largest absolute Gasteiger partial charge is 0.462 e. The topological polar surface area (TPSA) is 152 Å². The molecule has 0 amide bonds. The molecule has 57 heavy (non-hydrogen) atoms. The first-order valence-electron chi connectivity index (χ1n) is 22.4. The van der Waals surface area contributed by atoms with Crippen LogP contribution in [0.5, 0.6) is 0 Å². The molecule has 2 unspecified atom stereocenters. The van der Waals surface area contributed by atoms with Gasteiger partial charge in [0, 0.05) is 12.8 Å². The lowest BCUT2D eigenvalue weighted by Gasteiger charge is -2.39. The molecule has 4 N–H and O–H groups in total. The monoisotopic (exact) mass is 805 g/mol. The Balaban J connectivity index is 2.40. The van der Waals surface area contributed by atoms with Crippen molar-refractivity contribution in [2.45, 2.75) is 205 Å². The summed E-state index contributed by atoms with van der Waals surface area (Å²) in [6.07, 6.45) is 38.0. The smallest absolute Gasteiger partial charge is 0.306 e. The van der Waals surface area contributed by atoms with Gasteiger partial charge in [0.05, 0.1) is 13.2 Å². The maximum Gasteiger partial charge on any atom is 0.306 e. The Labute approximate surface area is 345 Å². The standard InChI is InChI=1S/C47H80O10/c1-3-5-7-9-11-13-15-17-19-20-22-23-25-27-29-31-33-35-42(49)54-38-40(39-55-47-46(53)45(52)44(51)41(37-48)57-47)56-43(50)36-34-32-30-28-26-24-21-18-16-14-12-10-8-6-4-2/h11,13,17,19,22-24,26-27,29,40-41,44-48,51-53H,3-10,12,14-16,18,20-21,25,28,30-39H2,1-2H3/b13-11+,19-17+,23-22+,26-24+,29-27+/t40-,41-,44+,45?,46?,47-/m0/s1. The van der Waals surface area contributed by atoms with E-state index >= 15 is 0 Å². The average Bonchev–Trinajstić information content (AvgIpc) is 3.21. The molecule has 0 spiro atoms. The summed E-state index contributed by atoms with van der Waals surface area (Å²) in [4.78, 5) is 25.3. The molecule has 10 heteroatoms. The van der Waals surface area contributed by atoms with Crippen molar-refractivity contribution < 1.29 is 49.0 Å². The molecule has 0 radical (unpaired) electrons. The fourth-order valence-electron chi connectivity index (χ4n) is 6.29. The maximum absolute atomic E-state index is 12.7. The first-order chi connectivity index (χ1) is 27.8. The summed E-state index contributed by atoms with van der Waals surface area (Å²) >= 11 is 0. The van der Waals surface area contributed by atoms with Gasteiger partial charge in [0.2, 0.25) is 0 Å². The van der Waals surface area contributed by atoms with Crippen molar-refractivity contribution in [2.24, 2.45) is 0 Å². The van der Waals surface area contributed by atoms with Crippen molar-refractivity contribution in [3.8, 4) is 0 Å². The molecule has 1 saturated heterocycles. The zero-order valence-electron chi connectivity index (χ0n) is 35.6. The summed E-state index contributed by atoms with van der Waals surface area (Å²) in [5.74, 6) is -0.894. The highest BCUT2D eigenvalue weighted by Gasteiger charge is 2.44. The molecule has 1 aliphatic heterocycles. The number of ether oxygens (including phenoxy) is 4. The number of esters is 2. The minimum atomic E-state index is -1.61. The van der Waals surface area contributed by atoms with E-state index in [0.717, 1.165) is 57.8 Å². The highest BCUT2D eigenvalue weighted by atomic mass is 16.7. The van der Waals surface area contributed by atoms with Gasteiger partial charge in [-0.15, -0.1) is 0 Å². The molecule has 10 nitrogen and oxygen atoms in total. The SMILES string of the molecule is CCCCC/C=C/C/C=C/C/C=C/C/C=C/CCCC(=O)OC[C@@H](CO[C@H]1O[C@@H](CO)[C@@H](O)C(O)C1O)OC(=O)CCCCC/C=C/CCCCCCCCCC. The average molecular weight is 805 g/mol. The Morgan fingerprint density at radius 3 is 1.58 bits per heavy atom. The van der Waals surface area contributed by atoms with E-state index in [0.29, 0.717) is 12.8 Å². The van der Waals surface area contributed by atoms with Gasteiger partial charge in [0.1, 0.15) is 31.0 Å². The Bertz CT molecular complexity index is 1110. The van der Waals surface area contributed by atoms with E-state index in [2.05, 4.69) is 68.5 Å². The lowest BCUT2D eigenvalue weighted by Crippen LogP contribution is -2.59. The zero-order chi connectivity index (χ0) is 41.6. The molecule has 1 heterocycles. The van der Waals surface area contributed by atoms with Crippen LogP contribution >= 0.6 is 0 Å². The van der Waals surface area contributed by atoms with Crippen molar-refractivity contribution in [1.29, 1.82) is 0 Å². The Morgan fingerprint density at radius 1 is 0.544 bits per heavy atom. The molecule has 328 valence electrons. The van der Waals surface area contributed by atoms with Gasteiger partial charge in [-0.25, -0.2) is 0 Å². The molecule has 6 atom stereocenters.